The van der Waals surface area contributed by atoms with E-state index in [-0.39, 0.29) is 25.9 Å². The van der Waals surface area contributed by atoms with Crippen molar-refractivity contribution >= 4 is 22.9 Å². The summed E-state index contributed by atoms with van der Waals surface area (Å²) in [6, 6.07) is 10.1. The third kappa shape index (κ3) is 3.23. The van der Waals surface area contributed by atoms with E-state index in [1.54, 1.807) is 30.3 Å². The number of hydrogen-bond acceptors (Lipinski definition) is 3. The van der Waals surface area contributed by atoms with Crippen LogP contribution in [0.4, 0.5) is 18.9 Å². The van der Waals surface area contributed by atoms with Gasteiger partial charge in [-0.05, 0) is 43.2 Å². The Hall–Kier alpha value is -2.28. The lowest BCUT2D eigenvalue weighted by Gasteiger charge is -2.44. The minimum atomic E-state index is -4.31. The predicted octanol–water partition coefficient (Wildman–Crippen LogP) is 5.44. The number of aromatic nitrogens is 3. The molecule has 2 fully saturated rings. The molecule has 158 valence electrons. The van der Waals surface area contributed by atoms with Gasteiger partial charge in [0.05, 0.1) is 11.1 Å². The van der Waals surface area contributed by atoms with Gasteiger partial charge in [0, 0.05) is 25.7 Å². The summed E-state index contributed by atoms with van der Waals surface area (Å²) in [6.45, 7) is 0.542. The molecule has 3 aromatic rings. The maximum Gasteiger partial charge on any atom is 0.398 e. The molecule has 1 aromatic carbocycles. The van der Waals surface area contributed by atoms with Crippen molar-refractivity contribution in [2.45, 2.75) is 43.7 Å². The number of halogens is 4. The second kappa shape index (κ2) is 7.15. The Morgan fingerprint density at radius 2 is 1.73 bits per heavy atom. The molecule has 4 nitrogen and oxygen atoms in total. The second-order valence-corrected chi connectivity index (χ2v) is 8.78. The van der Waals surface area contributed by atoms with Crippen LogP contribution in [0, 0.1) is 5.92 Å². The Balaban J connectivity index is 1.42. The Morgan fingerprint density at radius 1 is 1.03 bits per heavy atom. The first-order chi connectivity index (χ1) is 14.4. The number of piperidine rings is 1. The van der Waals surface area contributed by atoms with E-state index in [2.05, 4.69) is 10.2 Å². The molecule has 8 heteroatoms. The highest BCUT2D eigenvalue weighted by Crippen LogP contribution is 2.49. The van der Waals surface area contributed by atoms with Crippen molar-refractivity contribution in [1.82, 2.24) is 14.6 Å². The van der Waals surface area contributed by atoms with E-state index < -0.39 is 11.6 Å². The van der Waals surface area contributed by atoms with Crippen LogP contribution in [-0.2, 0) is 11.8 Å². The Morgan fingerprint density at radius 3 is 2.37 bits per heavy atom. The zero-order chi connectivity index (χ0) is 20.9. The molecule has 3 heterocycles. The summed E-state index contributed by atoms with van der Waals surface area (Å²) in [5.74, 6) is 1.56. The largest absolute Gasteiger partial charge is 0.398 e. The van der Waals surface area contributed by atoms with Crippen LogP contribution in [0.5, 0.6) is 0 Å². The summed E-state index contributed by atoms with van der Waals surface area (Å²) < 4.78 is 44.3. The number of rotatable bonds is 4. The summed E-state index contributed by atoms with van der Waals surface area (Å²) in [6.07, 6.45) is 0.874. The first kappa shape index (κ1) is 19.7. The van der Waals surface area contributed by atoms with Gasteiger partial charge in [-0.25, -0.2) is 0 Å². The van der Waals surface area contributed by atoms with Crippen LogP contribution in [0.15, 0.2) is 42.6 Å². The third-order valence-electron chi connectivity index (χ3n) is 6.56. The average molecular weight is 435 g/mol. The van der Waals surface area contributed by atoms with Crippen LogP contribution < -0.4 is 4.90 Å². The molecule has 1 aliphatic carbocycles. The van der Waals surface area contributed by atoms with Crippen molar-refractivity contribution in [3.63, 3.8) is 0 Å². The fourth-order valence-corrected chi connectivity index (χ4v) is 4.86. The molecule has 1 aliphatic heterocycles. The lowest BCUT2D eigenvalue weighted by molar-refractivity contribution is -0.196. The zero-order valence-corrected chi connectivity index (χ0v) is 17.1. The van der Waals surface area contributed by atoms with Gasteiger partial charge in [0.15, 0.2) is 5.65 Å². The molecule has 30 heavy (non-hydrogen) atoms. The Labute approximate surface area is 177 Å². The summed E-state index contributed by atoms with van der Waals surface area (Å²) in [7, 11) is 0. The number of pyridine rings is 1. The van der Waals surface area contributed by atoms with Crippen LogP contribution >= 0.6 is 11.6 Å². The van der Waals surface area contributed by atoms with Gasteiger partial charge in [0.25, 0.3) is 0 Å². The highest BCUT2D eigenvalue weighted by atomic mass is 35.5. The molecule has 1 saturated carbocycles. The summed E-state index contributed by atoms with van der Waals surface area (Å²) >= 11 is 6.63. The molecule has 0 radical (unpaired) electrons. The van der Waals surface area contributed by atoms with Crippen LogP contribution in [0.2, 0.25) is 5.02 Å². The number of nitrogens with zero attached hydrogens (tertiary/aromatic N) is 4. The predicted molar refractivity (Wildman–Crippen MR) is 110 cm³/mol. The fraction of sp³-hybridized carbons (Fsp3) is 0.455. The molecule has 2 aromatic heterocycles. The standard InChI is InChI=1S/C22H22ClF3N4/c23-19-17(8-11-30-18(14-15-6-7-15)27-28-20(19)30)29-12-9-21(10-13-29,22(24,25)26)16-4-2-1-3-5-16/h1-5,8,11,15H,6-7,9-10,12-14H2. The van der Waals surface area contributed by atoms with Gasteiger partial charge >= 0.3 is 6.18 Å². The molecule has 2 aliphatic rings. The maximum atomic E-state index is 14.1. The van der Waals surface area contributed by atoms with E-state index in [4.69, 9.17) is 11.6 Å². The molecule has 0 atom stereocenters. The molecule has 5 rings (SSSR count). The monoisotopic (exact) mass is 434 g/mol. The maximum absolute atomic E-state index is 14.1. The van der Waals surface area contributed by atoms with Crippen molar-refractivity contribution in [2.24, 2.45) is 5.92 Å². The smallest absolute Gasteiger partial charge is 0.370 e. The summed E-state index contributed by atoms with van der Waals surface area (Å²) in [5, 5.41) is 8.97. The van der Waals surface area contributed by atoms with E-state index in [0.29, 0.717) is 22.2 Å². The SMILES string of the molecule is FC(F)(F)C1(c2ccccc2)CCN(c2ccn3c(CC4CC4)nnc3c2Cl)CC1. The van der Waals surface area contributed by atoms with Crippen molar-refractivity contribution < 1.29 is 13.2 Å². The number of anilines is 1. The molecule has 0 bridgehead atoms. The quantitative estimate of drug-likeness (QED) is 0.548. The number of hydrogen-bond donors (Lipinski definition) is 0. The van der Waals surface area contributed by atoms with Crippen molar-refractivity contribution in [2.75, 3.05) is 18.0 Å². The van der Waals surface area contributed by atoms with E-state index in [9.17, 15) is 13.2 Å². The lowest BCUT2D eigenvalue weighted by Crippen LogP contribution is -2.51. The van der Waals surface area contributed by atoms with Crippen molar-refractivity contribution in [3.05, 3.63) is 59.0 Å². The number of fused-ring (bicyclic) bond motifs is 1. The molecular weight excluding hydrogens is 413 g/mol. The van der Waals surface area contributed by atoms with E-state index >= 15 is 0 Å². The van der Waals surface area contributed by atoms with E-state index in [1.165, 1.54) is 12.8 Å². The van der Waals surface area contributed by atoms with Crippen LogP contribution in [-0.4, -0.2) is 33.9 Å². The normalized spacial score (nSPS) is 19.4. The molecule has 0 amide bonds. The number of alkyl halides is 3. The number of benzene rings is 1. The second-order valence-electron chi connectivity index (χ2n) is 8.41. The molecule has 0 spiro atoms. The highest BCUT2D eigenvalue weighted by Gasteiger charge is 2.56. The van der Waals surface area contributed by atoms with Gasteiger partial charge in [0.2, 0.25) is 0 Å². The van der Waals surface area contributed by atoms with Gasteiger partial charge < -0.3 is 4.90 Å². The minimum Gasteiger partial charge on any atom is -0.370 e. The molecule has 1 saturated heterocycles. The lowest BCUT2D eigenvalue weighted by atomic mass is 9.72. The van der Waals surface area contributed by atoms with Crippen molar-refractivity contribution in [1.29, 1.82) is 0 Å². The van der Waals surface area contributed by atoms with Crippen LogP contribution in [0.3, 0.4) is 0 Å². The summed E-state index contributed by atoms with van der Waals surface area (Å²) in [4.78, 5) is 1.94. The van der Waals surface area contributed by atoms with Crippen LogP contribution in [0.25, 0.3) is 5.65 Å². The van der Waals surface area contributed by atoms with Gasteiger partial charge in [-0.3, -0.25) is 4.40 Å². The van der Waals surface area contributed by atoms with Gasteiger partial charge in [-0.2, -0.15) is 13.2 Å². The van der Waals surface area contributed by atoms with Gasteiger partial charge in [0.1, 0.15) is 10.8 Å². The zero-order valence-electron chi connectivity index (χ0n) is 16.4. The average Bonchev–Trinajstić information content (AvgIpc) is 3.46. The van der Waals surface area contributed by atoms with E-state index in [1.807, 2.05) is 21.6 Å². The first-order valence-electron chi connectivity index (χ1n) is 10.3. The fourth-order valence-electron chi connectivity index (χ4n) is 4.55. The topological polar surface area (TPSA) is 33.4 Å². The van der Waals surface area contributed by atoms with E-state index in [0.717, 1.165) is 17.9 Å². The molecule has 0 unspecified atom stereocenters. The minimum absolute atomic E-state index is 0.0123. The van der Waals surface area contributed by atoms with Crippen LogP contribution in [0.1, 0.15) is 37.1 Å². The Bertz CT molecular complexity index is 1050. The van der Waals surface area contributed by atoms with Crippen molar-refractivity contribution in [3.8, 4) is 0 Å². The molecule has 0 N–H and O–H groups in total. The van der Waals surface area contributed by atoms with Gasteiger partial charge in [-0.15, -0.1) is 10.2 Å². The summed E-state index contributed by atoms with van der Waals surface area (Å²) in [5.41, 5.74) is -0.201. The third-order valence-corrected chi connectivity index (χ3v) is 6.93. The highest BCUT2D eigenvalue weighted by molar-refractivity contribution is 6.36. The Kier molecular flexibility index (Phi) is 4.69. The van der Waals surface area contributed by atoms with Gasteiger partial charge in [-0.1, -0.05) is 41.9 Å². The molecular formula is C22H22ClF3N4. The first-order valence-corrected chi connectivity index (χ1v) is 10.7.